The molecule has 0 aliphatic heterocycles. The lowest BCUT2D eigenvalue weighted by molar-refractivity contribution is 0.217. The highest BCUT2D eigenvalue weighted by Crippen LogP contribution is 2.22. The van der Waals surface area contributed by atoms with Crippen LogP contribution >= 0.6 is 15.9 Å². The molecule has 0 heterocycles. The van der Waals surface area contributed by atoms with E-state index in [9.17, 15) is 9.59 Å². The second-order valence-electron chi connectivity index (χ2n) is 4.49. The lowest BCUT2D eigenvalue weighted by Gasteiger charge is -2.13. The van der Waals surface area contributed by atoms with Crippen molar-refractivity contribution in [1.82, 2.24) is 15.5 Å². The number of carbonyl (C=O) groups excluding carboxylic acids is 2. The number of amides is 4. The van der Waals surface area contributed by atoms with E-state index < -0.39 is 0 Å². The summed E-state index contributed by atoms with van der Waals surface area (Å²) in [5.74, 6) is 0. The van der Waals surface area contributed by atoms with E-state index in [4.69, 9.17) is 0 Å². The zero-order chi connectivity index (χ0) is 15.1. The summed E-state index contributed by atoms with van der Waals surface area (Å²) in [6, 6.07) is 5.20. The molecule has 6 nitrogen and oxygen atoms in total. The average molecular weight is 343 g/mol. The summed E-state index contributed by atoms with van der Waals surface area (Å²) in [5, 5.41) is 8.07. The molecule has 20 heavy (non-hydrogen) atoms. The number of hydrogen-bond acceptors (Lipinski definition) is 2. The van der Waals surface area contributed by atoms with Gasteiger partial charge in [0.1, 0.15) is 0 Å². The third-order valence-corrected chi connectivity index (χ3v) is 3.15. The van der Waals surface area contributed by atoms with Gasteiger partial charge in [0.15, 0.2) is 0 Å². The fourth-order valence-electron chi connectivity index (χ4n) is 1.40. The van der Waals surface area contributed by atoms with Crippen LogP contribution in [-0.4, -0.2) is 44.1 Å². The molecule has 0 bridgehead atoms. The van der Waals surface area contributed by atoms with E-state index >= 15 is 0 Å². The number of rotatable bonds is 4. The van der Waals surface area contributed by atoms with Gasteiger partial charge in [0.2, 0.25) is 0 Å². The van der Waals surface area contributed by atoms with Crippen molar-refractivity contribution in [1.29, 1.82) is 0 Å². The molecule has 4 amide bonds. The normalized spacial score (nSPS) is 9.80. The Morgan fingerprint density at radius 2 is 1.85 bits per heavy atom. The first-order valence-corrected chi connectivity index (χ1v) is 6.95. The zero-order valence-electron chi connectivity index (χ0n) is 11.8. The first kappa shape index (κ1) is 16.3. The first-order chi connectivity index (χ1) is 9.40. The molecule has 1 aromatic carbocycles. The van der Waals surface area contributed by atoms with Crippen LogP contribution in [-0.2, 0) is 0 Å². The predicted octanol–water partition coefficient (Wildman–Crippen LogP) is 2.15. The Morgan fingerprint density at radius 1 is 1.20 bits per heavy atom. The van der Waals surface area contributed by atoms with Gasteiger partial charge in [0, 0.05) is 31.7 Å². The van der Waals surface area contributed by atoms with E-state index in [2.05, 4.69) is 31.9 Å². The van der Waals surface area contributed by atoms with Gasteiger partial charge in [0.25, 0.3) is 0 Å². The highest BCUT2D eigenvalue weighted by molar-refractivity contribution is 9.10. The molecule has 0 fully saturated rings. The molecule has 0 saturated heterocycles. The van der Waals surface area contributed by atoms with Crippen LogP contribution in [0.2, 0.25) is 0 Å². The van der Waals surface area contributed by atoms with Crippen molar-refractivity contribution in [3.05, 3.63) is 28.2 Å². The molecule has 3 N–H and O–H groups in total. The maximum atomic E-state index is 11.7. The van der Waals surface area contributed by atoms with Crippen molar-refractivity contribution in [2.45, 2.75) is 6.92 Å². The van der Waals surface area contributed by atoms with Crippen LogP contribution in [0.15, 0.2) is 22.7 Å². The Hall–Kier alpha value is -1.76. The van der Waals surface area contributed by atoms with Crippen molar-refractivity contribution >= 4 is 33.7 Å². The minimum atomic E-state index is -0.310. The number of nitrogens with zero attached hydrogens (tertiary/aromatic N) is 1. The van der Waals surface area contributed by atoms with Gasteiger partial charge in [-0.2, -0.15) is 0 Å². The molecule has 0 aliphatic carbocycles. The molecule has 1 aromatic rings. The second-order valence-corrected chi connectivity index (χ2v) is 5.34. The monoisotopic (exact) mass is 342 g/mol. The first-order valence-electron chi connectivity index (χ1n) is 6.16. The maximum absolute atomic E-state index is 11.7. The van der Waals surface area contributed by atoms with Gasteiger partial charge < -0.3 is 20.9 Å². The van der Waals surface area contributed by atoms with E-state index in [1.165, 1.54) is 4.90 Å². The summed E-state index contributed by atoms with van der Waals surface area (Å²) in [7, 11) is 3.31. The SMILES string of the molecule is Cc1ccc(Br)c(NC(=O)NCCNC(=O)N(C)C)c1. The van der Waals surface area contributed by atoms with Crippen LogP contribution < -0.4 is 16.0 Å². The molecule has 0 aromatic heterocycles. The summed E-state index contributed by atoms with van der Waals surface area (Å²) in [4.78, 5) is 24.4. The Balaban J connectivity index is 2.34. The van der Waals surface area contributed by atoms with Crippen LogP contribution in [0.5, 0.6) is 0 Å². The smallest absolute Gasteiger partial charge is 0.319 e. The van der Waals surface area contributed by atoms with Gasteiger partial charge in [-0.3, -0.25) is 0 Å². The summed E-state index contributed by atoms with van der Waals surface area (Å²) in [6.07, 6.45) is 0. The van der Waals surface area contributed by atoms with E-state index in [1.807, 2.05) is 25.1 Å². The molecular formula is C13H19BrN4O2. The predicted molar refractivity (Wildman–Crippen MR) is 83.0 cm³/mol. The van der Waals surface area contributed by atoms with Gasteiger partial charge in [-0.05, 0) is 40.5 Å². The number of anilines is 1. The second kappa shape index (κ2) is 7.74. The Morgan fingerprint density at radius 3 is 2.50 bits per heavy atom. The summed E-state index contributed by atoms with van der Waals surface area (Å²) >= 11 is 3.37. The Labute approximate surface area is 127 Å². The molecular weight excluding hydrogens is 324 g/mol. The summed E-state index contributed by atoms with van der Waals surface area (Å²) in [6.45, 7) is 2.68. The minimum Gasteiger partial charge on any atom is -0.336 e. The molecule has 0 atom stereocenters. The van der Waals surface area contributed by atoms with E-state index in [0.717, 1.165) is 10.0 Å². The molecule has 0 saturated carbocycles. The van der Waals surface area contributed by atoms with Gasteiger partial charge in [-0.25, -0.2) is 9.59 Å². The lowest BCUT2D eigenvalue weighted by Crippen LogP contribution is -2.40. The molecule has 0 radical (unpaired) electrons. The topological polar surface area (TPSA) is 73.5 Å². The fourth-order valence-corrected chi connectivity index (χ4v) is 1.75. The van der Waals surface area contributed by atoms with Crippen molar-refractivity contribution in [2.24, 2.45) is 0 Å². The number of aryl methyl sites for hydroxylation is 1. The Kier molecular flexibility index (Phi) is 6.30. The van der Waals surface area contributed by atoms with Crippen LogP contribution in [0.3, 0.4) is 0 Å². The molecule has 0 unspecified atom stereocenters. The van der Waals surface area contributed by atoms with Gasteiger partial charge in [-0.15, -0.1) is 0 Å². The summed E-state index contributed by atoms with van der Waals surface area (Å²) in [5.41, 5.74) is 1.77. The number of urea groups is 2. The van der Waals surface area contributed by atoms with Crippen molar-refractivity contribution < 1.29 is 9.59 Å². The third kappa shape index (κ3) is 5.48. The fraction of sp³-hybridized carbons (Fsp3) is 0.385. The van der Waals surface area contributed by atoms with Gasteiger partial charge in [0.05, 0.1) is 5.69 Å². The van der Waals surface area contributed by atoms with Gasteiger partial charge >= 0.3 is 12.1 Å². The van der Waals surface area contributed by atoms with Crippen molar-refractivity contribution in [2.75, 3.05) is 32.5 Å². The van der Waals surface area contributed by atoms with Crippen LogP contribution in [0.1, 0.15) is 5.56 Å². The number of nitrogens with one attached hydrogen (secondary N) is 3. The highest BCUT2D eigenvalue weighted by Gasteiger charge is 2.06. The van der Waals surface area contributed by atoms with Crippen LogP contribution in [0.25, 0.3) is 0 Å². The number of benzene rings is 1. The number of halogens is 1. The minimum absolute atomic E-state index is 0.186. The Bertz CT molecular complexity index is 491. The molecule has 1 rings (SSSR count). The van der Waals surface area contributed by atoms with Gasteiger partial charge in [-0.1, -0.05) is 6.07 Å². The lowest BCUT2D eigenvalue weighted by atomic mass is 10.2. The van der Waals surface area contributed by atoms with Crippen LogP contribution in [0, 0.1) is 6.92 Å². The van der Waals surface area contributed by atoms with E-state index in [1.54, 1.807) is 14.1 Å². The molecule has 0 aliphatic rings. The summed E-state index contributed by atoms with van der Waals surface area (Å²) < 4.78 is 0.819. The quantitative estimate of drug-likeness (QED) is 0.733. The largest absolute Gasteiger partial charge is 0.336 e. The standard InChI is InChI=1S/C13H19BrN4O2/c1-9-4-5-10(14)11(8-9)17-12(19)15-6-7-16-13(20)18(2)3/h4-5,8H,6-7H2,1-3H3,(H,16,20)(H2,15,17,19). The molecule has 0 spiro atoms. The van der Waals surface area contributed by atoms with E-state index in [-0.39, 0.29) is 12.1 Å². The molecule has 110 valence electrons. The van der Waals surface area contributed by atoms with Crippen LogP contribution in [0.4, 0.5) is 15.3 Å². The van der Waals surface area contributed by atoms with Crippen molar-refractivity contribution in [3.63, 3.8) is 0 Å². The highest BCUT2D eigenvalue weighted by atomic mass is 79.9. The van der Waals surface area contributed by atoms with E-state index in [0.29, 0.717) is 18.8 Å². The maximum Gasteiger partial charge on any atom is 0.319 e. The zero-order valence-corrected chi connectivity index (χ0v) is 13.4. The number of carbonyl (C=O) groups is 2. The van der Waals surface area contributed by atoms with Crippen molar-refractivity contribution in [3.8, 4) is 0 Å². The third-order valence-electron chi connectivity index (χ3n) is 2.46. The molecule has 7 heteroatoms. The number of hydrogen-bond donors (Lipinski definition) is 3. The average Bonchev–Trinajstić information content (AvgIpc) is 2.38.